The molecule has 1 aliphatic rings. The molecule has 0 atom stereocenters. The minimum absolute atomic E-state index is 0.0594. The number of carboxylic acids is 1. The van der Waals surface area contributed by atoms with Gasteiger partial charge in [0.1, 0.15) is 6.61 Å². The molecule has 0 spiro atoms. The van der Waals surface area contributed by atoms with Gasteiger partial charge in [-0.15, -0.1) is 0 Å². The first-order valence-corrected chi connectivity index (χ1v) is 11.9. The maximum absolute atomic E-state index is 12.8. The Hall–Kier alpha value is -3.65. The lowest BCUT2D eigenvalue weighted by molar-refractivity contribution is -0.138. The highest BCUT2D eigenvalue weighted by Crippen LogP contribution is 2.44. The number of aliphatic carboxylic acids is 1. The zero-order valence-electron chi connectivity index (χ0n) is 19.3. The molecule has 3 aromatic carbocycles. The second-order valence-corrected chi connectivity index (χ2v) is 9.91. The largest absolute Gasteiger partial charge is 0.481 e. The number of carboxylic acid groups (broad SMARTS) is 1. The Kier molecular flexibility index (Phi) is 6.93. The van der Waals surface area contributed by atoms with Gasteiger partial charge < -0.3 is 15.2 Å². The number of halogens is 1. The van der Waals surface area contributed by atoms with Gasteiger partial charge in [-0.3, -0.25) is 14.9 Å². The third-order valence-electron chi connectivity index (χ3n) is 5.85. The number of amides is 2. The van der Waals surface area contributed by atoms with E-state index in [2.05, 4.69) is 38.7 Å². The molecule has 0 aromatic heterocycles. The molecule has 3 aromatic rings. The summed E-state index contributed by atoms with van der Waals surface area (Å²) in [4.78, 5) is 36.4. The molecule has 3 N–H and O–H groups in total. The Morgan fingerprint density at radius 1 is 0.971 bits per heavy atom. The molecule has 2 amide bonds. The Bertz CT molecular complexity index is 1260. The smallest absolute Gasteiger partial charge is 0.411 e. The molecule has 7 nitrogen and oxygen atoms in total. The highest BCUT2D eigenvalue weighted by Gasteiger charge is 2.29. The van der Waals surface area contributed by atoms with Crippen molar-refractivity contribution in [2.75, 3.05) is 11.9 Å². The third-order valence-corrected chi connectivity index (χ3v) is 6.54. The van der Waals surface area contributed by atoms with Crippen molar-refractivity contribution < 1.29 is 24.2 Å². The van der Waals surface area contributed by atoms with Crippen LogP contribution in [0.5, 0.6) is 0 Å². The summed E-state index contributed by atoms with van der Waals surface area (Å²) < 4.78 is 6.08. The van der Waals surface area contributed by atoms with Gasteiger partial charge in [-0.05, 0) is 70.2 Å². The van der Waals surface area contributed by atoms with Gasteiger partial charge in [0.25, 0.3) is 5.91 Å². The molecule has 8 heteroatoms. The number of hydrogen-bond donors (Lipinski definition) is 3. The van der Waals surface area contributed by atoms with E-state index in [1.54, 1.807) is 26.0 Å². The van der Waals surface area contributed by atoms with E-state index in [0.29, 0.717) is 10.2 Å². The standard InChI is InChI=1S/C27H25BrN2O5/c1-27(2,14-24(31)32)30-25(33)21-13-16(11-12-23(21)28)29-26(34)35-15-22-19-9-5-3-7-17(19)18-8-4-6-10-20(18)22/h3-13,22H,14-15H2,1-2H3,(H,29,34)(H,30,33)(H,31,32). The molecule has 0 saturated heterocycles. The zero-order valence-corrected chi connectivity index (χ0v) is 20.9. The normalized spacial score (nSPS) is 12.4. The van der Waals surface area contributed by atoms with E-state index >= 15 is 0 Å². The molecule has 0 bridgehead atoms. The predicted molar refractivity (Wildman–Crippen MR) is 137 cm³/mol. The van der Waals surface area contributed by atoms with Crippen molar-refractivity contribution in [3.8, 4) is 11.1 Å². The molecular weight excluding hydrogens is 512 g/mol. The van der Waals surface area contributed by atoms with Crippen LogP contribution in [0.25, 0.3) is 11.1 Å². The van der Waals surface area contributed by atoms with Crippen LogP contribution in [0.4, 0.5) is 10.5 Å². The van der Waals surface area contributed by atoms with Crippen molar-refractivity contribution in [1.82, 2.24) is 5.32 Å². The van der Waals surface area contributed by atoms with Crippen molar-refractivity contribution in [1.29, 1.82) is 0 Å². The predicted octanol–water partition coefficient (Wildman–Crippen LogP) is 5.79. The van der Waals surface area contributed by atoms with Crippen LogP contribution in [0, 0.1) is 0 Å². The van der Waals surface area contributed by atoms with Gasteiger partial charge in [-0.1, -0.05) is 48.5 Å². The summed E-state index contributed by atoms with van der Waals surface area (Å²) in [6, 6.07) is 21.0. The molecular formula is C27H25BrN2O5. The van der Waals surface area contributed by atoms with Crippen LogP contribution < -0.4 is 10.6 Å². The molecule has 0 fully saturated rings. The van der Waals surface area contributed by atoms with Crippen LogP contribution in [0.15, 0.2) is 71.2 Å². The number of fused-ring (bicyclic) bond motifs is 3. The third kappa shape index (κ3) is 5.54. The lowest BCUT2D eigenvalue weighted by Gasteiger charge is -2.24. The van der Waals surface area contributed by atoms with Gasteiger partial charge in [0.15, 0.2) is 0 Å². The average Bonchev–Trinajstić information content (AvgIpc) is 3.11. The number of ether oxygens (including phenoxy) is 1. The van der Waals surface area contributed by atoms with E-state index in [0.717, 1.165) is 22.3 Å². The van der Waals surface area contributed by atoms with Gasteiger partial charge in [-0.25, -0.2) is 4.79 Å². The van der Waals surface area contributed by atoms with Gasteiger partial charge in [0.05, 0.1) is 12.0 Å². The number of benzene rings is 3. The van der Waals surface area contributed by atoms with Gasteiger partial charge in [-0.2, -0.15) is 0 Å². The Labute approximate surface area is 211 Å². The summed E-state index contributed by atoms with van der Waals surface area (Å²) in [5.41, 5.74) is 4.23. The summed E-state index contributed by atoms with van der Waals surface area (Å²) in [5.74, 6) is -1.53. The minimum atomic E-state index is -1.01. The van der Waals surface area contributed by atoms with Crippen LogP contribution in [0.1, 0.15) is 47.7 Å². The summed E-state index contributed by atoms with van der Waals surface area (Å²) in [6.45, 7) is 3.44. The second-order valence-electron chi connectivity index (χ2n) is 9.05. The second kappa shape index (κ2) is 9.92. The van der Waals surface area contributed by atoms with Gasteiger partial charge in [0, 0.05) is 21.6 Å². The topological polar surface area (TPSA) is 105 Å². The number of carbonyl (C=O) groups excluding carboxylic acids is 2. The van der Waals surface area contributed by atoms with Crippen molar-refractivity contribution >= 4 is 39.6 Å². The van der Waals surface area contributed by atoms with E-state index < -0.39 is 23.5 Å². The molecule has 0 radical (unpaired) electrons. The fourth-order valence-corrected chi connectivity index (χ4v) is 4.75. The van der Waals surface area contributed by atoms with Crippen molar-refractivity contribution in [2.45, 2.75) is 31.7 Å². The lowest BCUT2D eigenvalue weighted by atomic mass is 9.98. The maximum atomic E-state index is 12.8. The average molecular weight is 537 g/mol. The summed E-state index contributed by atoms with van der Waals surface area (Å²) >= 11 is 3.34. The van der Waals surface area contributed by atoms with Crippen LogP contribution in [0.2, 0.25) is 0 Å². The van der Waals surface area contributed by atoms with Crippen LogP contribution in [0.3, 0.4) is 0 Å². The van der Waals surface area contributed by atoms with E-state index in [1.807, 2.05) is 36.4 Å². The first kappa shape index (κ1) is 24.5. The van der Waals surface area contributed by atoms with Crippen molar-refractivity contribution in [2.24, 2.45) is 0 Å². The van der Waals surface area contributed by atoms with E-state index in [4.69, 9.17) is 9.84 Å². The molecule has 4 rings (SSSR count). The number of anilines is 1. The Balaban J connectivity index is 1.43. The molecule has 0 saturated carbocycles. The van der Waals surface area contributed by atoms with E-state index in [9.17, 15) is 14.4 Å². The molecule has 0 heterocycles. The van der Waals surface area contributed by atoms with Crippen LogP contribution >= 0.6 is 15.9 Å². The van der Waals surface area contributed by atoms with Crippen LogP contribution in [-0.2, 0) is 9.53 Å². The molecule has 35 heavy (non-hydrogen) atoms. The fourth-order valence-electron chi connectivity index (χ4n) is 4.33. The highest BCUT2D eigenvalue weighted by atomic mass is 79.9. The van der Waals surface area contributed by atoms with Crippen LogP contribution in [-0.4, -0.2) is 35.2 Å². The quantitative estimate of drug-likeness (QED) is 0.354. The number of hydrogen-bond acceptors (Lipinski definition) is 4. The van der Waals surface area contributed by atoms with Crippen molar-refractivity contribution in [3.63, 3.8) is 0 Å². The minimum Gasteiger partial charge on any atom is -0.481 e. The van der Waals surface area contributed by atoms with Gasteiger partial charge in [0.2, 0.25) is 0 Å². The highest BCUT2D eigenvalue weighted by molar-refractivity contribution is 9.10. The summed E-state index contributed by atoms with van der Waals surface area (Å²) in [6.07, 6.45) is -0.861. The number of carbonyl (C=O) groups is 3. The Morgan fingerprint density at radius 3 is 2.17 bits per heavy atom. The molecule has 1 aliphatic carbocycles. The fraction of sp³-hybridized carbons (Fsp3) is 0.222. The van der Waals surface area contributed by atoms with E-state index in [-0.39, 0.29) is 24.5 Å². The molecule has 0 aliphatic heterocycles. The number of nitrogens with one attached hydrogen (secondary N) is 2. The van der Waals surface area contributed by atoms with Crippen molar-refractivity contribution in [3.05, 3.63) is 87.9 Å². The monoisotopic (exact) mass is 536 g/mol. The zero-order chi connectivity index (χ0) is 25.2. The summed E-state index contributed by atoms with van der Waals surface area (Å²) in [7, 11) is 0. The first-order chi connectivity index (χ1) is 16.6. The Morgan fingerprint density at radius 2 is 1.57 bits per heavy atom. The molecule has 180 valence electrons. The first-order valence-electron chi connectivity index (χ1n) is 11.1. The number of rotatable bonds is 7. The molecule has 0 unspecified atom stereocenters. The summed E-state index contributed by atoms with van der Waals surface area (Å²) in [5, 5.41) is 14.4. The maximum Gasteiger partial charge on any atom is 0.411 e. The van der Waals surface area contributed by atoms with E-state index in [1.165, 1.54) is 6.07 Å². The van der Waals surface area contributed by atoms with Gasteiger partial charge >= 0.3 is 12.1 Å². The SMILES string of the molecule is CC(C)(CC(=O)O)NC(=O)c1cc(NC(=O)OCC2c3ccccc3-c3ccccc32)ccc1Br. The lowest BCUT2D eigenvalue weighted by Crippen LogP contribution is -2.45.